The number of halogens is 5. The van der Waals surface area contributed by atoms with Crippen LogP contribution in [0.1, 0.15) is 60.0 Å². The number of hydrogen-bond acceptors (Lipinski definition) is 6. The van der Waals surface area contributed by atoms with E-state index < -0.39 is 41.8 Å². The van der Waals surface area contributed by atoms with Crippen molar-refractivity contribution in [1.82, 2.24) is 25.2 Å². The van der Waals surface area contributed by atoms with Gasteiger partial charge in [0.1, 0.15) is 23.0 Å². The fourth-order valence-electron chi connectivity index (χ4n) is 5.17. The highest BCUT2D eigenvalue weighted by Gasteiger charge is 2.37. The summed E-state index contributed by atoms with van der Waals surface area (Å²) in [5.41, 5.74) is 1.25. The number of likely N-dealkylation sites (tertiary alicyclic amines) is 1. The predicted octanol–water partition coefficient (Wildman–Crippen LogP) is 5.37. The largest absolute Gasteiger partial charge is 0.416 e. The van der Waals surface area contributed by atoms with Crippen molar-refractivity contribution < 1.29 is 31.4 Å². The molecule has 2 saturated heterocycles. The number of morpholine rings is 1. The number of aromatic nitrogens is 3. The van der Waals surface area contributed by atoms with E-state index in [-0.39, 0.29) is 12.2 Å². The quantitative estimate of drug-likeness (QED) is 0.380. The Hall–Kier alpha value is -2.93. The molecule has 2 aliphatic heterocycles. The topological polar surface area (TPSA) is 66.5 Å². The molecular formula is C27H30F5N5O2. The van der Waals surface area contributed by atoms with Gasteiger partial charge in [0.2, 0.25) is 0 Å². The molecule has 2 aromatic carbocycles. The molecule has 3 atom stereocenters. The zero-order valence-electron chi connectivity index (χ0n) is 21.4. The number of ether oxygens (including phenoxy) is 2. The lowest BCUT2D eigenvalue weighted by atomic mass is 10.0. The van der Waals surface area contributed by atoms with Gasteiger partial charge in [0.05, 0.1) is 24.3 Å². The van der Waals surface area contributed by atoms with Crippen molar-refractivity contribution in [1.29, 1.82) is 0 Å². The summed E-state index contributed by atoms with van der Waals surface area (Å²) < 4.78 is 79.8. The number of aromatic amines is 1. The fourth-order valence-corrected chi connectivity index (χ4v) is 5.17. The van der Waals surface area contributed by atoms with Crippen LogP contribution in [-0.4, -0.2) is 57.7 Å². The first-order valence-electron chi connectivity index (χ1n) is 12.9. The molecule has 39 heavy (non-hydrogen) atoms. The molecule has 2 aliphatic rings. The van der Waals surface area contributed by atoms with Crippen LogP contribution in [-0.2, 0) is 28.7 Å². The molecule has 1 N–H and O–H groups in total. The van der Waals surface area contributed by atoms with Crippen molar-refractivity contribution in [2.24, 2.45) is 0 Å². The van der Waals surface area contributed by atoms with Crippen LogP contribution in [0.4, 0.5) is 22.0 Å². The number of rotatable bonds is 8. The molecule has 5 rings (SSSR count). The Morgan fingerprint density at radius 1 is 0.974 bits per heavy atom. The fraction of sp³-hybridized carbons (Fsp3) is 0.481. The lowest BCUT2D eigenvalue weighted by molar-refractivity contribution is -0.231. The number of H-pyrrole nitrogens is 1. The third-order valence-corrected chi connectivity index (χ3v) is 7.21. The predicted molar refractivity (Wildman–Crippen MR) is 131 cm³/mol. The minimum atomic E-state index is -4.70. The van der Waals surface area contributed by atoms with Crippen LogP contribution < -0.4 is 0 Å². The van der Waals surface area contributed by atoms with E-state index in [1.807, 2.05) is 0 Å². The highest BCUT2D eigenvalue weighted by molar-refractivity contribution is 5.28. The lowest BCUT2D eigenvalue weighted by Gasteiger charge is -2.42. The molecule has 0 radical (unpaired) electrons. The van der Waals surface area contributed by atoms with Crippen LogP contribution in [0, 0.1) is 11.6 Å². The monoisotopic (exact) mass is 551 g/mol. The molecule has 7 nitrogen and oxygen atoms in total. The Morgan fingerprint density at radius 3 is 2.36 bits per heavy atom. The summed E-state index contributed by atoms with van der Waals surface area (Å²) in [6.07, 6.45) is -4.25. The smallest absolute Gasteiger partial charge is 0.349 e. The molecule has 12 heteroatoms. The number of nitrogens with one attached hydrogen (secondary N) is 1. The Morgan fingerprint density at radius 2 is 1.67 bits per heavy atom. The Labute approximate surface area is 222 Å². The van der Waals surface area contributed by atoms with E-state index in [2.05, 4.69) is 25.2 Å². The molecule has 1 aromatic heterocycles. The van der Waals surface area contributed by atoms with Crippen LogP contribution in [0.5, 0.6) is 0 Å². The Bertz CT molecular complexity index is 1250. The van der Waals surface area contributed by atoms with Crippen molar-refractivity contribution in [2.45, 2.75) is 57.5 Å². The molecular weight excluding hydrogens is 521 g/mol. The summed E-state index contributed by atoms with van der Waals surface area (Å²) in [6.45, 7) is 5.42. The lowest BCUT2D eigenvalue weighted by Crippen LogP contribution is -2.46. The average Bonchev–Trinajstić information content (AvgIpc) is 3.57. The van der Waals surface area contributed by atoms with Gasteiger partial charge in [0.25, 0.3) is 0 Å². The van der Waals surface area contributed by atoms with Gasteiger partial charge in [-0.1, -0.05) is 12.1 Å². The van der Waals surface area contributed by atoms with Crippen molar-refractivity contribution in [2.75, 3.05) is 26.2 Å². The summed E-state index contributed by atoms with van der Waals surface area (Å²) in [4.78, 5) is 4.39. The molecule has 210 valence electrons. The molecule has 0 amide bonds. The Kier molecular flexibility index (Phi) is 8.27. The first-order valence-corrected chi connectivity index (χ1v) is 12.9. The summed E-state index contributed by atoms with van der Waals surface area (Å²) in [5.74, 6) is -1.41. The van der Waals surface area contributed by atoms with E-state index in [4.69, 9.17) is 9.47 Å². The standard InChI is InChI=1S/C27H30F5N5O2/c1-17(19-12-20(27(30,31)32)14-22(29)13-19)39-26-25(18-4-6-21(28)7-5-18)37(10-11-38-26)16-24-23(33-35-34-24)15-36-8-2-3-9-36/h4-7,12-14,17,25-26H,2-3,8-11,15-16H2,1H3,(H,33,34,35)/t17-,25?,26?/m1/s1. The van der Waals surface area contributed by atoms with E-state index in [0.717, 1.165) is 49.5 Å². The number of hydrogen-bond donors (Lipinski definition) is 1. The Balaban J connectivity index is 1.40. The van der Waals surface area contributed by atoms with Crippen molar-refractivity contribution in [3.63, 3.8) is 0 Å². The summed E-state index contributed by atoms with van der Waals surface area (Å²) >= 11 is 0. The molecule has 3 aromatic rings. The van der Waals surface area contributed by atoms with Gasteiger partial charge < -0.3 is 9.47 Å². The van der Waals surface area contributed by atoms with Gasteiger partial charge in [-0.05, 0) is 74.3 Å². The van der Waals surface area contributed by atoms with E-state index in [1.165, 1.54) is 12.1 Å². The maximum Gasteiger partial charge on any atom is 0.416 e. The minimum absolute atomic E-state index is 0.0327. The molecule has 0 saturated carbocycles. The van der Waals surface area contributed by atoms with Gasteiger partial charge in [-0.3, -0.25) is 9.80 Å². The van der Waals surface area contributed by atoms with Gasteiger partial charge in [-0.2, -0.15) is 28.6 Å². The van der Waals surface area contributed by atoms with Gasteiger partial charge in [-0.25, -0.2) is 8.78 Å². The van der Waals surface area contributed by atoms with Crippen LogP contribution in [0.2, 0.25) is 0 Å². The SMILES string of the molecule is C[C@@H](OC1OCCN(Cc2n[nH]nc2CN2CCCC2)C1c1ccc(F)cc1)c1cc(F)cc(C(F)(F)F)c1. The molecule has 0 aliphatic carbocycles. The molecule has 0 spiro atoms. The second-order valence-corrected chi connectivity index (χ2v) is 9.96. The number of nitrogens with zero attached hydrogens (tertiary/aromatic N) is 4. The minimum Gasteiger partial charge on any atom is -0.349 e. The van der Waals surface area contributed by atoms with Crippen LogP contribution in [0.25, 0.3) is 0 Å². The van der Waals surface area contributed by atoms with Crippen molar-refractivity contribution in [3.05, 3.63) is 82.2 Å². The number of benzene rings is 2. The van der Waals surface area contributed by atoms with Crippen LogP contribution in [0.3, 0.4) is 0 Å². The zero-order valence-corrected chi connectivity index (χ0v) is 21.4. The van der Waals surface area contributed by atoms with Crippen LogP contribution in [0.15, 0.2) is 42.5 Å². The second-order valence-electron chi connectivity index (χ2n) is 9.96. The summed E-state index contributed by atoms with van der Waals surface area (Å²) in [7, 11) is 0. The van der Waals surface area contributed by atoms with Crippen molar-refractivity contribution in [3.8, 4) is 0 Å². The van der Waals surface area contributed by atoms with E-state index in [9.17, 15) is 22.0 Å². The number of alkyl halides is 3. The third kappa shape index (κ3) is 6.63. The van der Waals surface area contributed by atoms with E-state index >= 15 is 0 Å². The summed E-state index contributed by atoms with van der Waals surface area (Å²) in [5, 5.41) is 11.4. The van der Waals surface area contributed by atoms with Gasteiger partial charge >= 0.3 is 6.18 Å². The summed E-state index contributed by atoms with van der Waals surface area (Å²) in [6, 6.07) is 7.73. The van der Waals surface area contributed by atoms with E-state index in [1.54, 1.807) is 19.1 Å². The third-order valence-electron chi connectivity index (χ3n) is 7.21. The van der Waals surface area contributed by atoms with E-state index in [0.29, 0.717) is 31.3 Å². The second kappa shape index (κ2) is 11.7. The molecule has 0 bridgehead atoms. The highest BCUT2D eigenvalue weighted by atomic mass is 19.4. The van der Waals surface area contributed by atoms with Crippen LogP contribution >= 0.6 is 0 Å². The van der Waals surface area contributed by atoms with Gasteiger partial charge in [-0.15, -0.1) is 0 Å². The highest BCUT2D eigenvalue weighted by Crippen LogP contribution is 2.37. The normalized spacial score (nSPS) is 21.9. The first kappa shape index (κ1) is 27.6. The molecule has 2 fully saturated rings. The van der Waals surface area contributed by atoms with Gasteiger partial charge in [0.15, 0.2) is 6.29 Å². The average molecular weight is 552 g/mol. The molecule has 3 heterocycles. The molecule has 2 unspecified atom stereocenters. The van der Waals surface area contributed by atoms with Crippen molar-refractivity contribution >= 4 is 0 Å². The van der Waals surface area contributed by atoms with Gasteiger partial charge in [0, 0.05) is 19.6 Å². The first-order chi connectivity index (χ1) is 18.7. The maximum atomic E-state index is 14.1. The zero-order chi connectivity index (χ0) is 27.6. The maximum absolute atomic E-state index is 14.1.